The van der Waals surface area contributed by atoms with Crippen LogP contribution >= 0.6 is 0 Å². The van der Waals surface area contributed by atoms with E-state index >= 15 is 0 Å². The van der Waals surface area contributed by atoms with Crippen molar-refractivity contribution in [3.05, 3.63) is 58.2 Å². The number of carbonyl (C=O) groups excluding carboxylic acids is 1. The number of anilines is 1. The first-order valence-corrected chi connectivity index (χ1v) is 7.72. The molecule has 3 rings (SSSR count). The number of benzene rings is 1. The molecule has 0 bridgehead atoms. The van der Waals surface area contributed by atoms with E-state index in [-0.39, 0.29) is 11.8 Å². The van der Waals surface area contributed by atoms with Crippen LogP contribution in [-0.2, 0) is 4.74 Å². The van der Waals surface area contributed by atoms with E-state index in [1.807, 2.05) is 6.08 Å². The quantitative estimate of drug-likeness (QED) is 0.669. The van der Waals surface area contributed by atoms with Gasteiger partial charge in [0, 0.05) is 17.8 Å². The Morgan fingerprint density at radius 1 is 1.22 bits per heavy atom. The number of hydrogen-bond donors (Lipinski definition) is 1. The maximum Gasteiger partial charge on any atom is 0.412 e. The summed E-state index contributed by atoms with van der Waals surface area (Å²) < 4.78 is 5.43. The maximum atomic E-state index is 11.9. The summed E-state index contributed by atoms with van der Waals surface area (Å²) in [6, 6.07) is 5.66. The zero-order chi connectivity index (χ0) is 16.2. The molecule has 0 aliphatic heterocycles. The second-order valence-corrected chi connectivity index (χ2v) is 5.79. The van der Waals surface area contributed by atoms with Crippen molar-refractivity contribution in [3.8, 4) is 0 Å². The van der Waals surface area contributed by atoms with Gasteiger partial charge in [-0.1, -0.05) is 12.2 Å². The predicted octanol–water partition coefficient (Wildman–Crippen LogP) is 4.20. The molecule has 2 aliphatic rings. The van der Waals surface area contributed by atoms with E-state index in [0.29, 0.717) is 11.6 Å². The third-order valence-corrected chi connectivity index (χ3v) is 4.22. The van der Waals surface area contributed by atoms with Gasteiger partial charge in [-0.25, -0.2) is 4.79 Å². The van der Waals surface area contributed by atoms with Crippen LogP contribution in [0.2, 0.25) is 0 Å². The smallest absolute Gasteiger partial charge is 0.412 e. The molecule has 1 aromatic rings. The molecule has 120 valence electrons. The largest absolute Gasteiger partial charge is 0.442 e. The van der Waals surface area contributed by atoms with Crippen LogP contribution in [0.5, 0.6) is 0 Å². The molecule has 0 saturated carbocycles. The Kier molecular flexibility index (Phi) is 4.41. The number of nitro benzene ring substituents is 1. The average Bonchev–Trinajstić information content (AvgIpc) is 2.55. The molecule has 0 radical (unpaired) electrons. The third kappa shape index (κ3) is 3.77. The van der Waals surface area contributed by atoms with E-state index in [2.05, 4.69) is 17.5 Å². The lowest BCUT2D eigenvalue weighted by molar-refractivity contribution is -0.384. The number of rotatable bonds is 3. The van der Waals surface area contributed by atoms with Crippen molar-refractivity contribution in [3.63, 3.8) is 0 Å². The molecule has 1 N–H and O–H groups in total. The first kappa shape index (κ1) is 15.3. The summed E-state index contributed by atoms with van der Waals surface area (Å²) in [5.41, 5.74) is 1.71. The van der Waals surface area contributed by atoms with Crippen molar-refractivity contribution in [1.29, 1.82) is 0 Å². The minimum atomic E-state index is -0.543. The van der Waals surface area contributed by atoms with Gasteiger partial charge in [0.1, 0.15) is 6.10 Å². The van der Waals surface area contributed by atoms with E-state index < -0.39 is 11.0 Å². The van der Waals surface area contributed by atoms with Gasteiger partial charge in [-0.15, -0.1) is 0 Å². The van der Waals surface area contributed by atoms with E-state index in [1.54, 1.807) is 0 Å². The highest BCUT2D eigenvalue weighted by molar-refractivity contribution is 5.84. The van der Waals surface area contributed by atoms with Gasteiger partial charge in [-0.2, -0.15) is 0 Å². The van der Waals surface area contributed by atoms with E-state index in [9.17, 15) is 14.9 Å². The van der Waals surface area contributed by atoms with Crippen LogP contribution in [0.4, 0.5) is 16.2 Å². The Labute approximate surface area is 134 Å². The first-order valence-electron chi connectivity index (χ1n) is 7.72. The van der Waals surface area contributed by atoms with E-state index in [0.717, 1.165) is 19.3 Å². The van der Waals surface area contributed by atoms with Gasteiger partial charge in [0.05, 0.1) is 4.92 Å². The fourth-order valence-electron chi connectivity index (χ4n) is 3.03. The molecule has 0 saturated heterocycles. The normalized spacial score (nSPS) is 22.7. The Morgan fingerprint density at radius 3 is 2.74 bits per heavy atom. The van der Waals surface area contributed by atoms with Crippen molar-refractivity contribution in [1.82, 2.24) is 0 Å². The number of amides is 1. The lowest BCUT2D eigenvalue weighted by Crippen LogP contribution is -2.26. The number of nitrogens with one attached hydrogen (secondary N) is 1. The third-order valence-electron chi connectivity index (χ3n) is 4.22. The van der Waals surface area contributed by atoms with Gasteiger partial charge < -0.3 is 4.74 Å². The molecule has 0 aromatic heterocycles. The van der Waals surface area contributed by atoms with E-state index in [4.69, 9.17) is 4.74 Å². The van der Waals surface area contributed by atoms with Crippen molar-refractivity contribution in [2.75, 3.05) is 5.32 Å². The summed E-state index contributed by atoms with van der Waals surface area (Å²) >= 11 is 0. The summed E-state index contributed by atoms with van der Waals surface area (Å²) in [6.45, 7) is 0. The molecule has 0 unspecified atom stereocenters. The number of fused-ring (bicyclic) bond motifs is 1. The zero-order valence-electron chi connectivity index (χ0n) is 12.6. The number of non-ortho nitro benzene ring substituents is 1. The number of hydrogen-bond acceptors (Lipinski definition) is 4. The number of allylic oxidation sites excluding steroid dienone is 3. The van der Waals surface area contributed by atoms with Crippen molar-refractivity contribution < 1.29 is 14.5 Å². The maximum absolute atomic E-state index is 11.9. The van der Waals surface area contributed by atoms with E-state index in [1.165, 1.54) is 36.3 Å². The molecule has 23 heavy (non-hydrogen) atoms. The Morgan fingerprint density at radius 2 is 2.00 bits per heavy atom. The Hall–Kier alpha value is -2.63. The minimum Gasteiger partial charge on any atom is -0.442 e. The predicted molar refractivity (Wildman–Crippen MR) is 86.2 cm³/mol. The van der Waals surface area contributed by atoms with Gasteiger partial charge in [-0.05, 0) is 55.4 Å². The van der Waals surface area contributed by atoms with Crippen LogP contribution < -0.4 is 5.32 Å². The van der Waals surface area contributed by atoms with Gasteiger partial charge in [0.25, 0.3) is 5.69 Å². The lowest BCUT2D eigenvalue weighted by atomic mass is 9.80. The topological polar surface area (TPSA) is 81.5 Å². The number of nitrogens with zero attached hydrogens (tertiary/aromatic N) is 1. The number of nitro groups is 1. The van der Waals surface area contributed by atoms with Crippen molar-refractivity contribution in [2.24, 2.45) is 5.92 Å². The molecule has 6 nitrogen and oxygen atoms in total. The van der Waals surface area contributed by atoms with Crippen LogP contribution in [0.25, 0.3) is 0 Å². The van der Waals surface area contributed by atoms with Crippen molar-refractivity contribution >= 4 is 17.5 Å². The summed E-state index contributed by atoms with van der Waals surface area (Å²) in [5.74, 6) is 0.595. The molecule has 2 atom stereocenters. The number of carbonyl (C=O) groups is 1. The molecule has 0 heterocycles. The molecule has 1 aromatic carbocycles. The highest BCUT2D eigenvalue weighted by Gasteiger charge is 2.25. The Bertz CT molecular complexity index is 664. The SMILES string of the molecule is O=C(Nc1ccc([N+](=O)[O-])cc1)O[C@@H]1C=C2C=CCC[C@@H]2CC1. The molecule has 1 amide bonds. The van der Waals surface area contributed by atoms with Gasteiger partial charge >= 0.3 is 6.09 Å². The number of ether oxygens (including phenoxy) is 1. The van der Waals surface area contributed by atoms with Crippen LogP contribution in [0.1, 0.15) is 25.7 Å². The summed E-state index contributed by atoms with van der Waals surface area (Å²) in [7, 11) is 0. The zero-order valence-corrected chi connectivity index (χ0v) is 12.6. The molecule has 2 aliphatic carbocycles. The molecule has 0 spiro atoms. The molecule has 0 fully saturated rings. The van der Waals surface area contributed by atoms with Crippen LogP contribution in [0.15, 0.2) is 48.1 Å². The summed E-state index contributed by atoms with van der Waals surface area (Å²) in [4.78, 5) is 22.1. The Balaban J connectivity index is 1.58. The minimum absolute atomic E-state index is 0.0175. The van der Waals surface area contributed by atoms with Crippen LogP contribution in [-0.4, -0.2) is 17.1 Å². The molecular formula is C17H18N2O4. The monoisotopic (exact) mass is 314 g/mol. The van der Waals surface area contributed by atoms with Gasteiger partial charge in [-0.3, -0.25) is 15.4 Å². The van der Waals surface area contributed by atoms with Crippen LogP contribution in [0.3, 0.4) is 0 Å². The summed E-state index contributed by atoms with van der Waals surface area (Å²) in [5, 5.41) is 13.2. The lowest BCUT2D eigenvalue weighted by Gasteiger charge is -2.29. The van der Waals surface area contributed by atoms with Crippen LogP contribution in [0, 0.1) is 16.0 Å². The fraction of sp³-hybridized carbons (Fsp3) is 0.353. The second kappa shape index (κ2) is 6.64. The first-order chi connectivity index (χ1) is 11.1. The van der Waals surface area contributed by atoms with Crippen molar-refractivity contribution in [2.45, 2.75) is 31.8 Å². The fourth-order valence-corrected chi connectivity index (χ4v) is 3.03. The highest BCUT2D eigenvalue weighted by Crippen LogP contribution is 2.33. The molecular weight excluding hydrogens is 296 g/mol. The summed E-state index contributed by atoms with van der Waals surface area (Å²) in [6.07, 6.45) is 9.69. The standard InChI is InChI=1S/C17H18N2O4/c20-17(18-14-6-8-15(9-7-14)19(21)22)23-16-10-5-12-3-1-2-4-13(12)11-16/h2,4,6-9,11-12,16H,1,3,5,10H2,(H,18,20)/t12-,16+/m1/s1. The molecule has 6 heteroatoms. The highest BCUT2D eigenvalue weighted by atomic mass is 16.6. The average molecular weight is 314 g/mol. The second-order valence-electron chi connectivity index (χ2n) is 5.79. The van der Waals surface area contributed by atoms with Gasteiger partial charge in [0.2, 0.25) is 0 Å². The van der Waals surface area contributed by atoms with Gasteiger partial charge in [0.15, 0.2) is 0 Å².